The van der Waals surface area contributed by atoms with Crippen molar-refractivity contribution in [2.24, 2.45) is 0 Å². The van der Waals surface area contributed by atoms with Crippen LogP contribution in [0.5, 0.6) is 0 Å². The van der Waals surface area contributed by atoms with Gasteiger partial charge in [-0.15, -0.1) is 0 Å². The van der Waals surface area contributed by atoms with Crippen LogP contribution in [0.2, 0.25) is 10.2 Å². The lowest BCUT2D eigenvalue weighted by Crippen LogP contribution is -1.45. The molecule has 1 aromatic rings. The van der Waals surface area contributed by atoms with E-state index in [0.29, 0.717) is 5.02 Å². The zero-order chi connectivity index (χ0) is 5.28. The summed E-state index contributed by atoms with van der Waals surface area (Å²) < 4.78 is 4.60. The third-order valence-electron chi connectivity index (χ3n) is 0.574. The van der Waals surface area contributed by atoms with Crippen LogP contribution in [-0.4, -0.2) is 0 Å². The fourth-order valence-corrected chi connectivity index (χ4v) is 0.486. The fourth-order valence-electron chi connectivity index (χ4n) is 0.275. The Balaban J connectivity index is 3.12. The molecule has 0 aliphatic rings. The van der Waals surface area contributed by atoms with Crippen LogP contribution in [-0.2, 0) is 0 Å². The maximum Gasteiger partial charge on any atom is 0.211 e. The first-order valence-corrected chi connectivity index (χ1v) is 2.45. The first kappa shape index (κ1) is 5.01. The Morgan fingerprint density at radius 1 is 1.43 bits per heavy atom. The quantitative estimate of drug-likeness (QED) is 0.535. The predicted molar refractivity (Wildman–Crippen MR) is 28.7 cm³/mol. The van der Waals surface area contributed by atoms with Crippen LogP contribution in [0.15, 0.2) is 16.7 Å². The van der Waals surface area contributed by atoms with Crippen LogP contribution in [0.4, 0.5) is 0 Å². The molecule has 0 aromatic carbocycles. The first-order chi connectivity index (χ1) is 3.30. The minimum absolute atomic E-state index is 0.252. The SMILES string of the molecule is Clc1ccoc1Cl. The predicted octanol–water partition coefficient (Wildman–Crippen LogP) is 2.59. The van der Waals surface area contributed by atoms with E-state index in [1.807, 2.05) is 0 Å². The van der Waals surface area contributed by atoms with Crippen molar-refractivity contribution in [2.75, 3.05) is 0 Å². The number of halogens is 2. The average molecular weight is 137 g/mol. The van der Waals surface area contributed by atoms with Gasteiger partial charge >= 0.3 is 0 Å². The number of hydrogen-bond donors (Lipinski definition) is 0. The standard InChI is InChI=1S/C4H2Cl2O/c5-3-1-2-7-4(3)6/h1-2H. The maximum absolute atomic E-state index is 5.40. The summed E-state index contributed by atoms with van der Waals surface area (Å²) in [5.74, 6) is 0. The van der Waals surface area contributed by atoms with Crippen LogP contribution in [0, 0.1) is 0 Å². The van der Waals surface area contributed by atoms with Gasteiger partial charge in [0.25, 0.3) is 0 Å². The Kier molecular flexibility index (Phi) is 1.26. The van der Waals surface area contributed by atoms with Crippen molar-refractivity contribution in [1.29, 1.82) is 0 Å². The van der Waals surface area contributed by atoms with Gasteiger partial charge in [-0.3, -0.25) is 0 Å². The lowest BCUT2D eigenvalue weighted by molar-refractivity contribution is 0.569. The highest BCUT2D eigenvalue weighted by Gasteiger charge is 1.94. The third kappa shape index (κ3) is 0.898. The summed E-state index contributed by atoms with van der Waals surface area (Å²) >= 11 is 10.7. The molecule has 0 fully saturated rings. The van der Waals surface area contributed by atoms with Crippen LogP contribution in [0.1, 0.15) is 0 Å². The summed E-state index contributed by atoms with van der Waals surface area (Å²) in [6.45, 7) is 0. The molecule has 0 aliphatic carbocycles. The summed E-state index contributed by atoms with van der Waals surface area (Å²) in [5, 5.41) is 0.711. The van der Waals surface area contributed by atoms with Crippen molar-refractivity contribution in [2.45, 2.75) is 0 Å². The van der Waals surface area contributed by atoms with Gasteiger partial charge in [-0.05, 0) is 17.7 Å². The lowest BCUT2D eigenvalue weighted by atomic mass is 10.7. The van der Waals surface area contributed by atoms with E-state index in [2.05, 4.69) is 4.42 Å². The Morgan fingerprint density at radius 3 is 2.29 bits per heavy atom. The minimum Gasteiger partial charge on any atom is -0.451 e. The molecule has 0 N–H and O–H groups in total. The highest BCUT2D eigenvalue weighted by molar-refractivity contribution is 6.40. The molecular weight excluding hydrogens is 135 g/mol. The Labute approximate surface area is 50.8 Å². The molecule has 0 radical (unpaired) electrons. The zero-order valence-corrected chi connectivity index (χ0v) is 4.83. The summed E-state index contributed by atoms with van der Waals surface area (Å²) in [6.07, 6.45) is 1.44. The normalized spacial score (nSPS) is 9.43. The molecule has 1 rings (SSSR count). The highest BCUT2D eigenvalue weighted by atomic mass is 35.5. The molecule has 0 bridgehead atoms. The van der Waals surface area contributed by atoms with Crippen molar-refractivity contribution in [1.82, 2.24) is 0 Å². The van der Waals surface area contributed by atoms with Gasteiger partial charge in [0.05, 0.1) is 11.3 Å². The van der Waals surface area contributed by atoms with Crippen LogP contribution < -0.4 is 0 Å². The zero-order valence-electron chi connectivity index (χ0n) is 3.32. The molecule has 0 spiro atoms. The van der Waals surface area contributed by atoms with Gasteiger partial charge in [0, 0.05) is 0 Å². The Morgan fingerprint density at radius 2 is 2.14 bits per heavy atom. The fraction of sp³-hybridized carbons (Fsp3) is 0. The summed E-state index contributed by atoms with van der Waals surface area (Å²) in [4.78, 5) is 0. The van der Waals surface area contributed by atoms with Gasteiger partial charge < -0.3 is 4.42 Å². The highest BCUT2D eigenvalue weighted by Crippen LogP contribution is 2.20. The molecule has 7 heavy (non-hydrogen) atoms. The minimum atomic E-state index is 0.252. The van der Waals surface area contributed by atoms with E-state index in [9.17, 15) is 0 Å². The Bertz CT molecular complexity index is 142. The van der Waals surface area contributed by atoms with Crippen molar-refractivity contribution in [3.63, 3.8) is 0 Å². The van der Waals surface area contributed by atoms with E-state index in [0.717, 1.165) is 0 Å². The van der Waals surface area contributed by atoms with E-state index in [1.165, 1.54) is 6.26 Å². The largest absolute Gasteiger partial charge is 0.451 e. The second kappa shape index (κ2) is 1.76. The monoisotopic (exact) mass is 136 g/mol. The molecular formula is C4H2Cl2O. The molecule has 3 heteroatoms. The van der Waals surface area contributed by atoms with Crippen LogP contribution >= 0.6 is 23.2 Å². The van der Waals surface area contributed by atoms with Crippen molar-refractivity contribution < 1.29 is 4.42 Å². The molecule has 1 nitrogen and oxygen atoms in total. The third-order valence-corrected chi connectivity index (χ3v) is 1.26. The molecule has 0 saturated carbocycles. The lowest BCUT2D eigenvalue weighted by Gasteiger charge is -1.73. The molecule has 0 aliphatic heterocycles. The van der Waals surface area contributed by atoms with Gasteiger partial charge in [-0.25, -0.2) is 0 Å². The van der Waals surface area contributed by atoms with Crippen molar-refractivity contribution in [3.05, 3.63) is 22.6 Å². The van der Waals surface area contributed by atoms with Gasteiger partial charge in [-0.1, -0.05) is 11.6 Å². The average Bonchev–Trinajstić information content (AvgIpc) is 1.91. The molecule has 0 atom stereocenters. The molecule has 1 heterocycles. The Hall–Kier alpha value is -0.140. The van der Waals surface area contributed by atoms with E-state index in [1.54, 1.807) is 6.07 Å². The molecule has 38 valence electrons. The second-order valence-corrected chi connectivity index (χ2v) is 1.79. The van der Waals surface area contributed by atoms with E-state index in [4.69, 9.17) is 23.2 Å². The van der Waals surface area contributed by atoms with Crippen molar-refractivity contribution in [3.8, 4) is 0 Å². The summed E-state index contributed by atoms with van der Waals surface area (Å²) in [6, 6.07) is 1.59. The van der Waals surface area contributed by atoms with Gasteiger partial charge in [0.2, 0.25) is 5.22 Å². The van der Waals surface area contributed by atoms with Crippen LogP contribution in [0.25, 0.3) is 0 Å². The van der Waals surface area contributed by atoms with Gasteiger partial charge in [-0.2, -0.15) is 0 Å². The van der Waals surface area contributed by atoms with Crippen molar-refractivity contribution >= 4 is 23.2 Å². The number of rotatable bonds is 0. The molecule has 0 saturated heterocycles. The second-order valence-electron chi connectivity index (χ2n) is 1.04. The van der Waals surface area contributed by atoms with Gasteiger partial charge in [0.1, 0.15) is 0 Å². The van der Waals surface area contributed by atoms with Gasteiger partial charge in [0.15, 0.2) is 0 Å². The van der Waals surface area contributed by atoms with E-state index < -0.39 is 0 Å². The molecule has 0 amide bonds. The topological polar surface area (TPSA) is 13.1 Å². The molecule has 0 unspecified atom stereocenters. The maximum atomic E-state index is 5.40. The van der Waals surface area contributed by atoms with E-state index >= 15 is 0 Å². The number of hydrogen-bond acceptors (Lipinski definition) is 1. The smallest absolute Gasteiger partial charge is 0.211 e. The summed E-state index contributed by atoms with van der Waals surface area (Å²) in [5.41, 5.74) is 0. The molecule has 1 aromatic heterocycles. The first-order valence-electron chi connectivity index (χ1n) is 1.69. The summed E-state index contributed by atoms with van der Waals surface area (Å²) in [7, 11) is 0. The number of furan rings is 1. The van der Waals surface area contributed by atoms with E-state index in [-0.39, 0.29) is 5.22 Å². The van der Waals surface area contributed by atoms with Crippen LogP contribution in [0.3, 0.4) is 0 Å².